The van der Waals surface area contributed by atoms with E-state index in [1.807, 2.05) is 6.26 Å². The van der Waals surface area contributed by atoms with Gasteiger partial charge in [-0.25, -0.2) is 9.37 Å². The summed E-state index contributed by atoms with van der Waals surface area (Å²) < 4.78 is 13.0. The number of aromatic nitrogens is 1. The van der Waals surface area contributed by atoms with Crippen LogP contribution in [0.2, 0.25) is 0 Å². The number of benzene rings is 1. The average Bonchev–Trinajstić information content (AvgIpc) is 3.46. The molecule has 0 radical (unpaired) electrons. The van der Waals surface area contributed by atoms with Gasteiger partial charge in [0.05, 0.1) is 11.1 Å². The van der Waals surface area contributed by atoms with Gasteiger partial charge in [0, 0.05) is 25.2 Å². The molecule has 1 aliphatic rings. The highest BCUT2D eigenvalue weighted by atomic mass is 32.2. The van der Waals surface area contributed by atoms with E-state index in [1.165, 1.54) is 23.9 Å². The summed E-state index contributed by atoms with van der Waals surface area (Å²) >= 11 is 1.38. The number of nitriles is 1. The fourth-order valence-electron chi connectivity index (χ4n) is 2.69. The van der Waals surface area contributed by atoms with E-state index in [0.717, 1.165) is 24.1 Å². The number of hydrogen-bond donors (Lipinski definition) is 0. The molecule has 6 heteroatoms. The van der Waals surface area contributed by atoms with E-state index in [0.29, 0.717) is 28.6 Å². The second-order valence-electron chi connectivity index (χ2n) is 6.15. The third-order valence-corrected chi connectivity index (χ3v) is 4.90. The highest BCUT2D eigenvalue weighted by Crippen LogP contribution is 2.40. The third kappa shape index (κ3) is 3.83. The monoisotopic (exact) mass is 355 g/mol. The Morgan fingerprint density at radius 2 is 2.08 bits per heavy atom. The van der Waals surface area contributed by atoms with Crippen LogP contribution in [0.1, 0.15) is 45.9 Å². The van der Waals surface area contributed by atoms with Crippen molar-refractivity contribution in [2.75, 3.05) is 13.3 Å². The molecule has 4 nitrogen and oxygen atoms in total. The lowest BCUT2D eigenvalue weighted by molar-refractivity contribution is 0.0784. The minimum atomic E-state index is -0.308. The highest BCUT2D eigenvalue weighted by Gasteiger charge is 2.29. The largest absolute Gasteiger partial charge is 0.337 e. The Hall–Kier alpha value is -2.39. The molecule has 0 aliphatic heterocycles. The quantitative estimate of drug-likeness (QED) is 0.762. The smallest absolute Gasteiger partial charge is 0.255 e. The molecule has 1 saturated carbocycles. The molecule has 1 aliphatic carbocycles. The minimum Gasteiger partial charge on any atom is -0.337 e. The van der Waals surface area contributed by atoms with Crippen LogP contribution >= 0.6 is 11.8 Å². The van der Waals surface area contributed by atoms with Crippen molar-refractivity contribution in [3.63, 3.8) is 0 Å². The van der Waals surface area contributed by atoms with Gasteiger partial charge in [0.25, 0.3) is 5.91 Å². The maximum Gasteiger partial charge on any atom is 0.255 e. The van der Waals surface area contributed by atoms with E-state index in [2.05, 4.69) is 11.1 Å². The first-order valence-electron chi connectivity index (χ1n) is 8.02. The first-order valence-corrected chi connectivity index (χ1v) is 9.25. The number of halogens is 1. The lowest BCUT2D eigenvalue weighted by Crippen LogP contribution is -2.27. The number of hydrogen-bond acceptors (Lipinski definition) is 4. The molecule has 3 rings (SSSR count). The normalized spacial score (nSPS) is 13.4. The van der Waals surface area contributed by atoms with Crippen molar-refractivity contribution in [3.8, 4) is 6.07 Å². The summed E-state index contributed by atoms with van der Waals surface area (Å²) in [6.45, 7) is 0.347. The lowest BCUT2D eigenvalue weighted by Gasteiger charge is -2.19. The third-order valence-electron chi connectivity index (χ3n) is 4.22. The van der Waals surface area contributed by atoms with Crippen LogP contribution in [0.5, 0.6) is 0 Å². The van der Waals surface area contributed by atoms with Crippen molar-refractivity contribution in [1.29, 1.82) is 5.26 Å². The molecule has 1 aromatic heterocycles. The van der Waals surface area contributed by atoms with E-state index in [4.69, 9.17) is 0 Å². The van der Waals surface area contributed by atoms with Gasteiger partial charge < -0.3 is 4.90 Å². The molecule has 25 heavy (non-hydrogen) atoms. The zero-order chi connectivity index (χ0) is 18.0. The van der Waals surface area contributed by atoms with Crippen molar-refractivity contribution in [1.82, 2.24) is 9.88 Å². The SMILES string of the molecule is CSc1nc(C2CC2)cc(C(=O)N(C)Cc2ccc(F)cc2)c1C#N. The maximum absolute atomic E-state index is 13.0. The van der Waals surface area contributed by atoms with Gasteiger partial charge in [0.15, 0.2) is 0 Å². The number of carbonyl (C=O) groups excluding carboxylic acids is 1. The van der Waals surface area contributed by atoms with Gasteiger partial charge in [-0.2, -0.15) is 5.26 Å². The summed E-state index contributed by atoms with van der Waals surface area (Å²) in [6.07, 6.45) is 4.01. The minimum absolute atomic E-state index is 0.222. The number of pyridine rings is 1. The first kappa shape index (κ1) is 17.4. The van der Waals surface area contributed by atoms with E-state index in [-0.39, 0.29) is 11.7 Å². The zero-order valence-electron chi connectivity index (χ0n) is 14.1. The number of rotatable bonds is 5. The van der Waals surface area contributed by atoms with Crippen LogP contribution in [0.3, 0.4) is 0 Å². The fraction of sp³-hybridized carbons (Fsp3) is 0.316. The summed E-state index contributed by atoms with van der Waals surface area (Å²) in [7, 11) is 1.68. The van der Waals surface area contributed by atoms with Crippen molar-refractivity contribution in [2.45, 2.75) is 30.3 Å². The standard InChI is InChI=1S/C19H18FN3OS/c1-23(11-12-3-7-14(20)8-4-12)19(24)15-9-17(13-5-6-13)22-18(25-2)16(15)10-21/h3-4,7-9,13H,5-6,11H2,1-2H3. The fourth-order valence-corrected chi connectivity index (χ4v) is 3.25. The predicted molar refractivity (Wildman–Crippen MR) is 94.9 cm³/mol. The van der Waals surface area contributed by atoms with Crippen LogP contribution in [-0.2, 0) is 6.54 Å². The molecule has 0 unspecified atom stereocenters. The second kappa shape index (κ2) is 7.24. The van der Waals surface area contributed by atoms with Crippen molar-refractivity contribution >= 4 is 17.7 Å². The highest BCUT2D eigenvalue weighted by molar-refractivity contribution is 7.98. The van der Waals surface area contributed by atoms with Crippen LogP contribution in [0.25, 0.3) is 0 Å². The first-order chi connectivity index (χ1) is 12.0. The van der Waals surface area contributed by atoms with Crippen LogP contribution in [0, 0.1) is 17.1 Å². The molecule has 128 valence electrons. The molecule has 2 aromatic rings. The van der Waals surface area contributed by atoms with Gasteiger partial charge in [-0.3, -0.25) is 4.79 Å². The molecule has 1 amide bonds. The van der Waals surface area contributed by atoms with Crippen LogP contribution in [0.15, 0.2) is 35.4 Å². The van der Waals surface area contributed by atoms with E-state index < -0.39 is 0 Å². The van der Waals surface area contributed by atoms with E-state index in [9.17, 15) is 14.4 Å². The maximum atomic E-state index is 13.0. The summed E-state index contributed by atoms with van der Waals surface area (Å²) in [5.41, 5.74) is 2.44. The molecule has 1 heterocycles. The van der Waals surface area contributed by atoms with Gasteiger partial charge in [-0.05, 0) is 42.9 Å². The Labute approximate surface area is 150 Å². The van der Waals surface area contributed by atoms with E-state index in [1.54, 1.807) is 30.1 Å². The predicted octanol–water partition coefficient (Wildman–Crippen LogP) is 3.96. The Kier molecular flexibility index (Phi) is 5.05. The van der Waals surface area contributed by atoms with Gasteiger partial charge in [-0.15, -0.1) is 11.8 Å². The summed E-state index contributed by atoms with van der Waals surface area (Å²) in [6, 6.07) is 9.94. The summed E-state index contributed by atoms with van der Waals surface area (Å²) in [5.74, 6) is -0.134. The molecule has 0 N–H and O–H groups in total. The van der Waals surface area contributed by atoms with Gasteiger partial charge >= 0.3 is 0 Å². The van der Waals surface area contributed by atoms with Gasteiger partial charge in [0.1, 0.15) is 16.9 Å². The van der Waals surface area contributed by atoms with Gasteiger partial charge in [-0.1, -0.05) is 12.1 Å². The van der Waals surface area contributed by atoms with Crippen LogP contribution in [0.4, 0.5) is 4.39 Å². The summed E-state index contributed by atoms with van der Waals surface area (Å²) in [5, 5.41) is 10.1. The summed E-state index contributed by atoms with van der Waals surface area (Å²) in [4.78, 5) is 19.0. The zero-order valence-corrected chi connectivity index (χ0v) is 14.9. The Morgan fingerprint density at radius 1 is 1.40 bits per heavy atom. The Morgan fingerprint density at radius 3 is 2.64 bits per heavy atom. The number of carbonyl (C=O) groups is 1. The van der Waals surface area contributed by atoms with Crippen molar-refractivity contribution in [2.24, 2.45) is 0 Å². The topological polar surface area (TPSA) is 57.0 Å². The molecule has 0 bridgehead atoms. The molecular formula is C19H18FN3OS. The van der Waals surface area contributed by atoms with Gasteiger partial charge in [0.2, 0.25) is 0 Å². The molecule has 1 fully saturated rings. The number of thioether (sulfide) groups is 1. The van der Waals surface area contributed by atoms with Crippen LogP contribution in [-0.4, -0.2) is 29.1 Å². The lowest BCUT2D eigenvalue weighted by atomic mass is 10.1. The molecule has 0 atom stereocenters. The van der Waals surface area contributed by atoms with Crippen molar-refractivity contribution in [3.05, 3.63) is 58.5 Å². The Bertz CT molecular complexity index is 841. The number of nitrogens with zero attached hydrogens (tertiary/aromatic N) is 3. The van der Waals surface area contributed by atoms with E-state index >= 15 is 0 Å². The second-order valence-corrected chi connectivity index (χ2v) is 6.95. The number of amides is 1. The molecular weight excluding hydrogens is 337 g/mol. The average molecular weight is 355 g/mol. The molecule has 1 aromatic carbocycles. The van der Waals surface area contributed by atoms with Crippen molar-refractivity contribution < 1.29 is 9.18 Å². The molecule has 0 saturated heterocycles. The van der Waals surface area contributed by atoms with Crippen LogP contribution < -0.4 is 0 Å². The Balaban J connectivity index is 1.90. The molecule has 0 spiro atoms.